The van der Waals surface area contributed by atoms with E-state index in [1.165, 1.54) is 19.2 Å². The minimum atomic E-state index is -3.75. The largest absolute Gasteiger partial charge is 0.497 e. The van der Waals surface area contributed by atoms with Gasteiger partial charge in [-0.3, -0.25) is 10.1 Å². The van der Waals surface area contributed by atoms with Crippen LogP contribution in [0.3, 0.4) is 0 Å². The first-order valence-electron chi connectivity index (χ1n) is 7.34. The predicted octanol–water partition coefficient (Wildman–Crippen LogP) is 2.15. The van der Waals surface area contributed by atoms with Gasteiger partial charge in [0.1, 0.15) is 11.4 Å². The van der Waals surface area contributed by atoms with E-state index in [2.05, 4.69) is 4.72 Å². The van der Waals surface area contributed by atoms with Crippen molar-refractivity contribution in [3.8, 4) is 5.75 Å². The Labute approximate surface area is 146 Å². The molecule has 0 unspecified atom stereocenters. The molecule has 0 aromatic heterocycles. The molecule has 2 rings (SSSR count). The summed E-state index contributed by atoms with van der Waals surface area (Å²) in [6.45, 7) is 0.420. The quantitative estimate of drug-likeness (QED) is 0.596. The van der Waals surface area contributed by atoms with Crippen LogP contribution in [0.25, 0.3) is 0 Å². The first-order chi connectivity index (χ1) is 11.8. The summed E-state index contributed by atoms with van der Waals surface area (Å²) < 4.78 is 30.9. The molecule has 0 aliphatic carbocycles. The van der Waals surface area contributed by atoms with Crippen molar-refractivity contribution in [1.82, 2.24) is 4.72 Å². The second-order valence-corrected chi connectivity index (χ2v) is 7.21. The highest BCUT2D eigenvalue weighted by atomic mass is 32.2. The Hall–Kier alpha value is -2.65. The summed E-state index contributed by atoms with van der Waals surface area (Å²) in [6, 6.07) is 11.2. The van der Waals surface area contributed by atoms with Crippen molar-refractivity contribution in [1.29, 1.82) is 0 Å². The van der Waals surface area contributed by atoms with Gasteiger partial charge in [-0.2, -0.15) is 0 Å². The normalized spacial score (nSPS) is 11.2. The summed E-state index contributed by atoms with van der Waals surface area (Å²) in [7, 11) is 0.787. The molecular weight excluding hydrogens is 346 g/mol. The van der Waals surface area contributed by atoms with Crippen LogP contribution in [0.1, 0.15) is 5.56 Å². The first-order valence-corrected chi connectivity index (χ1v) is 8.83. The van der Waals surface area contributed by atoms with Gasteiger partial charge in [0.2, 0.25) is 10.0 Å². The van der Waals surface area contributed by atoms with Crippen molar-refractivity contribution in [2.45, 2.75) is 11.4 Å². The molecule has 2 aromatic rings. The number of nitrogens with zero attached hydrogens (tertiary/aromatic N) is 2. The predicted molar refractivity (Wildman–Crippen MR) is 94.4 cm³/mol. The fourth-order valence-corrected chi connectivity index (χ4v) is 3.10. The van der Waals surface area contributed by atoms with Gasteiger partial charge < -0.3 is 9.64 Å². The molecule has 0 atom stereocenters. The smallest absolute Gasteiger partial charge is 0.293 e. The molecule has 0 saturated heterocycles. The van der Waals surface area contributed by atoms with Crippen LogP contribution in [-0.2, 0) is 16.6 Å². The summed E-state index contributed by atoms with van der Waals surface area (Å²) in [6.07, 6.45) is 0. The summed E-state index contributed by atoms with van der Waals surface area (Å²) in [5, 5.41) is 11.4. The second kappa shape index (κ2) is 7.49. The van der Waals surface area contributed by atoms with Gasteiger partial charge in [-0.25, -0.2) is 13.1 Å². The molecule has 2 aromatic carbocycles. The van der Waals surface area contributed by atoms with E-state index in [9.17, 15) is 18.5 Å². The summed E-state index contributed by atoms with van der Waals surface area (Å²) in [5.41, 5.74) is 0.993. The van der Waals surface area contributed by atoms with Crippen LogP contribution in [-0.4, -0.2) is 34.5 Å². The van der Waals surface area contributed by atoms with Crippen LogP contribution < -0.4 is 14.4 Å². The number of rotatable bonds is 7. The minimum absolute atomic E-state index is 0.150. The molecule has 0 heterocycles. The summed E-state index contributed by atoms with van der Waals surface area (Å²) in [4.78, 5) is 12.3. The van der Waals surface area contributed by atoms with Crippen molar-refractivity contribution < 1.29 is 18.1 Å². The van der Waals surface area contributed by atoms with E-state index in [1.54, 1.807) is 31.2 Å². The highest BCUT2D eigenvalue weighted by Crippen LogP contribution is 2.31. The number of nitrogens with one attached hydrogen (secondary N) is 1. The fraction of sp³-hybridized carbons (Fsp3) is 0.250. The third-order valence-corrected chi connectivity index (χ3v) is 5.12. The fourth-order valence-electron chi connectivity index (χ4n) is 2.35. The highest BCUT2D eigenvalue weighted by Gasteiger charge is 2.22. The van der Waals surface area contributed by atoms with E-state index in [0.717, 1.165) is 17.4 Å². The minimum Gasteiger partial charge on any atom is -0.497 e. The van der Waals surface area contributed by atoms with Gasteiger partial charge in [-0.1, -0.05) is 12.1 Å². The van der Waals surface area contributed by atoms with Gasteiger partial charge in [-0.15, -0.1) is 0 Å². The maximum Gasteiger partial charge on any atom is 0.293 e. The molecule has 0 bridgehead atoms. The van der Waals surface area contributed by atoms with Crippen molar-refractivity contribution in [2.24, 2.45) is 0 Å². The lowest BCUT2D eigenvalue weighted by Gasteiger charge is -2.20. The van der Waals surface area contributed by atoms with E-state index in [1.807, 2.05) is 12.1 Å². The lowest BCUT2D eigenvalue weighted by atomic mass is 10.2. The Balaban J connectivity index is 2.34. The zero-order valence-electron chi connectivity index (χ0n) is 14.1. The lowest BCUT2D eigenvalue weighted by Crippen LogP contribution is -2.20. The Morgan fingerprint density at radius 1 is 1.20 bits per heavy atom. The van der Waals surface area contributed by atoms with Crippen molar-refractivity contribution in [3.05, 3.63) is 58.1 Å². The number of methoxy groups -OCH3 is 1. The molecule has 0 amide bonds. The van der Waals surface area contributed by atoms with Crippen LogP contribution in [0.5, 0.6) is 5.75 Å². The van der Waals surface area contributed by atoms with Crippen molar-refractivity contribution in [2.75, 3.05) is 26.1 Å². The van der Waals surface area contributed by atoms with Crippen molar-refractivity contribution in [3.63, 3.8) is 0 Å². The molecule has 9 heteroatoms. The summed E-state index contributed by atoms with van der Waals surface area (Å²) in [5.74, 6) is 0.721. The SMILES string of the molecule is CNS(=O)(=O)c1ccc(N(C)Cc2ccc(OC)cc2)c([N+](=O)[O-])c1. The van der Waals surface area contributed by atoms with E-state index in [0.29, 0.717) is 12.2 Å². The van der Waals surface area contributed by atoms with Gasteiger partial charge in [0.05, 0.1) is 16.9 Å². The van der Waals surface area contributed by atoms with E-state index < -0.39 is 14.9 Å². The molecular formula is C16H19N3O5S. The molecule has 1 N–H and O–H groups in total. The Morgan fingerprint density at radius 3 is 2.36 bits per heavy atom. The Morgan fingerprint density at radius 2 is 1.84 bits per heavy atom. The van der Waals surface area contributed by atoms with Crippen LogP contribution in [0.4, 0.5) is 11.4 Å². The van der Waals surface area contributed by atoms with Crippen LogP contribution in [0, 0.1) is 10.1 Å². The molecule has 25 heavy (non-hydrogen) atoms. The first kappa shape index (κ1) is 18.7. The Bertz CT molecular complexity index is 866. The molecule has 8 nitrogen and oxygen atoms in total. The molecule has 134 valence electrons. The Kier molecular flexibility index (Phi) is 5.60. The number of nitro benzene ring substituents is 1. The van der Waals surface area contributed by atoms with E-state index >= 15 is 0 Å². The number of anilines is 1. The maximum atomic E-state index is 11.8. The number of sulfonamides is 1. The zero-order valence-corrected chi connectivity index (χ0v) is 14.9. The number of hydrogen-bond acceptors (Lipinski definition) is 6. The molecule has 0 saturated carbocycles. The van der Waals surface area contributed by atoms with Crippen LogP contribution in [0.15, 0.2) is 47.4 Å². The molecule has 0 aliphatic rings. The zero-order chi connectivity index (χ0) is 18.6. The lowest BCUT2D eigenvalue weighted by molar-refractivity contribution is -0.384. The van der Waals surface area contributed by atoms with Gasteiger partial charge in [-0.05, 0) is 36.9 Å². The molecule has 0 radical (unpaired) electrons. The number of ether oxygens (including phenoxy) is 1. The van der Waals surface area contributed by atoms with E-state index in [4.69, 9.17) is 4.74 Å². The third-order valence-electron chi connectivity index (χ3n) is 3.71. The monoisotopic (exact) mass is 365 g/mol. The van der Waals surface area contributed by atoms with Gasteiger partial charge >= 0.3 is 0 Å². The third kappa shape index (κ3) is 4.25. The molecule has 0 fully saturated rings. The van der Waals surface area contributed by atoms with Gasteiger partial charge in [0.25, 0.3) is 5.69 Å². The average Bonchev–Trinajstić information content (AvgIpc) is 2.61. The second-order valence-electron chi connectivity index (χ2n) is 5.32. The van der Waals surface area contributed by atoms with Crippen LogP contribution in [0.2, 0.25) is 0 Å². The molecule has 0 aliphatic heterocycles. The number of nitro groups is 1. The molecule has 0 spiro atoms. The number of benzene rings is 2. The van der Waals surface area contributed by atoms with E-state index in [-0.39, 0.29) is 10.6 Å². The van der Waals surface area contributed by atoms with Gasteiger partial charge in [0, 0.05) is 19.7 Å². The van der Waals surface area contributed by atoms with Gasteiger partial charge in [0.15, 0.2) is 0 Å². The topological polar surface area (TPSA) is 102 Å². The summed E-state index contributed by atoms with van der Waals surface area (Å²) >= 11 is 0. The number of hydrogen-bond donors (Lipinski definition) is 1. The average molecular weight is 365 g/mol. The standard InChI is InChI=1S/C16H19N3O5S/c1-17-25(22,23)14-8-9-15(16(10-14)19(20)21)18(2)11-12-4-6-13(24-3)7-5-12/h4-10,17H,11H2,1-3H3. The van der Waals surface area contributed by atoms with Crippen molar-refractivity contribution >= 4 is 21.4 Å². The highest BCUT2D eigenvalue weighted by molar-refractivity contribution is 7.89. The maximum absolute atomic E-state index is 11.8. The van der Waals surface area contributed by atoms with Crippen LogP contribution >= 0.6 is 0 Å².